The highest BCUT2D eigenvalue weighted by molar-refractivity contribution is 14.1. The maximum Gasteiger partial charge on any atom is 0.252 e. The Bertz CT molecular complexity index is 604. The molecule has 1 aromatic rings. The van der Waals surface area contributed by atoms with Crippen molar-refractivity contribution in [2.75, 3.05) is 14.2 Å². The van der Waals surface area contributed by atoms with Crippen LogP contribution in [-0.2, 0) is 0 Å². The minimum absolute atomic E-state index is 0.0226. The van der Waals surface area contributed by atoms with Gasteiger partial charge in [-0.15, -0.1) is 0 Å². The van der Waals surface area contributed by atoms with E-state index in [1.807, 2.05) is 6.07 Å². The van der Waals surface area contributed by atoms with Gasteiger partial charge in [-0.3, -0.25) is 4.79 Å². The number of hydrogen-bond acceptors (Lipinski definition) is 3. The zero-order valence-electron chi connectivity index (χ0n) is 13.9. The van der Waals surface area contributed by atoms with Gasteiger partial charge in [0, 0.05) is 9.61 Å². The van der Waals surface area contributed by atoms with Crippen molar-refractivity contribution < 1.29 is 14.3 Å². The number of carbonyl (C=O) groups excluding carboxylic acids is 1. The Labute approximate surface area is 151 Å². The average molecular weight is 429 g/mol. The molecule has 0 saturated heterocycles. The Morgan fingerprint density at radius 2 is 1.91 bits per heavy atom. The van der Waals surface area contributed by atoms with Crippen LogP contribution in [0.5, 0.6) is 11.5 Å². The van der Waals surface area contributed by atoms with E-state index < -0.39 is 0 Å². The van der Waals surface area contributed by atoms with Gasteiger partial charge in [0.1, 0.15) is 0 Å². The van der Waals surface area contributed by atoms with Crippen LogP contribution in [0.1, 0.15) is 43.0 Å². The molecule has 2 aliphatic carbocycles. The summed E-state index contributed by atoms with van der Waals surface area (Å²) in [4.78, 5) is 12.7. The molecule has 4 unspecified atom stereocenters. The summed E-state index contributed by atoms with van der Waals surface area (Å²) in [5.74, 6) is 3.55. The molecule has 1 N–H and O–H groups in total. The van der Waals surface area contributed by atoms with Crippen LogP contribution < -0.4 is 14.8 Å². The molecule has 126 valence electrons. The van der Waals surface area contributed by atoms with Crippen LogP contribution in [0.2, 0.25) is 0 Å². The predicted molar refractivity (Wildman–Crippen MR) is 98.1 cm³/mol. The molecule has 5 heteroatoms. The van der Waals surface area contributed by atoms with Crippen LogP contribution in [0.4, 0.5) is 0 Å². The summed E-state index contributed by atoms with van der Waals surface area (Å²) < 4.78 is 11.5. The van der Waals surface area contributed by atoms with E-state index >= 15 is 0 Å². The minimum atomic E-state index is -0.0226. The van der Waals surface area contributed by atoms with Gasteiger partial charge in [-0.25, -0.2) is 0 Å². The number of carbonyl (C=O) groups is 1. The van der Waals surface area contributed by atoms with E-state index in [2.05, 4.69) is 34.8 Å². The maximum absolute atomic E-state index is 12.7. The molecule has 1 amide bonds. The van der Waals surface area contributed by atoms with Crippen LogP contribution in [0.25, 0.3) is 0 Å². The fraction of sp³-hybridized carbons (Fsp3) is 0.611. The second kappa shape index (κ2) is 6.87. The highest BCUT2D eigenvalue weighted by Gasteiger charge is 2.42. The summed E-state index contributed by atoms with van der Waals surface area (Å²) in [7, 11) is 3.19. The van der Waals surface area contributed by atoms with Crippen LogP contribution in [0.3, 0.4) is 0 Å². The van der Waals surface area contributed by atoms with E-state index in [-0.39, 0.29) is 11.9 Å². The monoisotopic (exact) mass is 429 g/mol. The second-order valence-electron chi connectivity index (χ2n) is 6.79. The number of nitrogens with one attached hydrogen (secondary N) is 1. The molecular formula is C18H24INO3. The van der Waals surface area contributed by atoms with Gasteiger partial charge >= 0.3 is 0 Å². The van der Waals surface area contributed by atoms with Crippen LogP contribution in [0.15, 0.2) is 12.1 Å². The van der Waals surface area contributed by atoms with Crippen molar-refractivity contribution >= 4 is 28.5 Å². The molecule has 23 heavy (non-hydrogen) atoms. The number of hydrogen-bond donors (Lipinski definition) is 1. The standard InChI is InChI=1S/C18H24INO3/c1-10(13-7-11-4-5-12(13)6-11)20-18(21)14-8-16(22-2)17(23-3)9-15(14)19/h8-13H,4-7H2,1-3H3,(H,20,21). The summed E-state index contributed by atoms with van der Waals surface area (Å²) in [6.45, 7) is 2.15. The number of fused-ring (bicyclic) bond motifs is 2. The highest BCUT2D eigenvalue weighted by Crippen LogP contribution is 2.49. The summed E-state index contributed by atoms with van der Waals surface area (Å²) in [5, 5.41) is 3.21. The van der Waals surface area contributed by atoms with Gasteiger partial charge in [-0.1, -0.05) is 6.42 Å². The highest BCUT2D eigenvalue weighted by atomic mass is 127. The summed E-state index contributed by atoms with van der Waals surface area (Å²) >= 11 is 2.17. The topological polar surface area (TPSA) is 47.6 Å². The molecule has 0 radical (unpaired) electrons. The van der Waals surface area contributed by atoms with E-state index in [9.17, 15) is 4.79 Å². The Kier molecular flexibility index (Phi) is 5.04. The van der Waals surface area contributed by atoms with Gasteiger partial charge < -0.3 is 14.8 Å². The third-order valence-corrected chi connectivity index (χ3v) is 6.40. The lowest BCUT2D eigenvalue weighted by molar-refractivity contribution is 0.0914. The molecular weight excluding hydrogens is 405 g/mol. The largest absolute Gasteiger partial charge is 0.493 e. The first-order valence-corrected chi connectivity index (χ1v) is 9.33. The van der Waals surface area contributed by atoms with Crippen molar-refractivity contribution in [2.24, 2.45) is 17.8 Å². The van der Waals surface area contributed by atoms with Gasteiger partial charge in [0.2, 0.25) is 0 Å². The van der Waals surface area contributed by atoms with E-state index in [0.29, 0.717) is 23.0 Å². The number of halogens is 1. The summed E-state index contributed by atoms with van der Waals surface area (Å²) in [6.07, 6.45) is 5.35. The van der Waals surface area contributed by atoms with Crippen molar-refractivity contribution in [3.05, 3.63) is 21.3 Å². The Morgan fingerprint density at radius 1 is 1.22 bits per heavy atom. The molecule has 0 aliphatic heterocycles. The van der Waals surface area contributed by atoms with Gasteiger partial charge in [0.05, 0.1) is 19.8 Å². The molecule has 3 rings (SSSR count). The van der Waals surface area contributed by atoms with Crippen molar-refractivity contribution in [3.8, 4) is 11.5 Å². The zero-order valence-corrected chi connectivity index (χ0v) is 16.1. The lowest BCUT2D eigenvalue weighted by Gasteiger charge is -2.28. The molecule has 2 fully saturated rings. The number of ether oxygens (including phenoxy) is 2. The van der Waals surface area contributed by atoms with Crippen molar-refractivity contribution in [3.63, 3.8) is 0 Å². The predicted octanol–water partition coefficient (Wildman–Crippen LogP) is 3.86. The Morgan fingerprint density at radius 3 is 2.48 bits per heavy atom. The summed E-state index contributed by atoms with van der Waals surface area (Å²) in [6, 6.07) is 3.83. The van der Waals surface area contributed by atoms with Gasteiger partial charge in [-0.05, 0) is 78.7 Å². The third-order valence-electron chi connectivity index (χ3n) is 5.51. The molecule has 2 aliphatic rings. The average Bonchev–Trinajstić information content (AvgIpc) is 3.17. The van der Waals surface area contributed by atoms with E-state index in [1.165, 1.54) is 25.7 Å². The first kappa shape index (κ1) is 16.9. The summed E-state index contributed by atoms with van der Waals surface area (Å²) in [5.41, 5.74) is 0.651. The number of rotatable bonds is 5. The Balaban J connectivity index is 1.73. The third kappa shape index (κ3) is 3.30. The van der Waals surface area contributed by atoms with Crippen LogP contribution in [-0.4, -0.2) is 26.2 Å². The second-order valence-corrected chi connectivity index (χ2v) is 7.95. The van der Waals surface area contributed by atoms with E-state index in [0.717, 1.165) is 15.4 Å². The Hall–Kier alpha value is -0.980. The smallest absolute Gasteiger partial charge is 0.252 e. The fourth-order valence-electron chi connectivity index (χ4n) is 4.33. The van der Waals surface area contributed by atoms with E-state index in [1.54, 1.807) is 20.3 Å². The first-order chi connectivity index (χ1) is 11.0. The number of methoxy groups -OCH3 is 2. The zero-order chi connectivity index (χ0) is 16.6. The molecule has 2 bridgehead atoms. The van der Waals surface area contributed by atoms with E-state index in [4.69, 9.17) is 9.47 Å². The molecule has 0 heterocycles. The lowest BCUT2D eigenvalue weighted by atomic mass is 9.84. The van der Waals surface area contributed by atoms with Gasteiger partial charge in [0.15, 0.2) is 11.5 Å². The molecule has 2 saturated carbocycles. The molecule has 4 atom stereocenters. The van der Waals surface area contributed by atoms with Crippen molar-refractivity contribution in [1.82, 2.24) is 5.32 Å². The molecule has 1 aromatic carbocycles. The van der Waals surface area contributed by atoms with Gasteiger partial charge in [0.25, 0.3) is 5.91 Å². The number of benzene rings is 1. The first-order valence-electron chi connectivity index (χ1n) is 8.25. The maximum atomic E-state index is 12.7. The van der Waals surface area contributed by atoms with Crippen LogP contribution >= 0.6 is 22.6 Å². The normalized spacial score (nSPS) is 26.9. The molecule has 4 nitrogen and oxygen atoms in total. The fourth-order valence-corrected chi connectivity index (χ4v) is 5.01. The van der Waals surface area contributed by atoms with Crippen molar-refractivity contribution in [2.45, 2.75) is 38.6 Å². The lowest BCUT2D eigenvalue weighted by Crippen LogP contribution is -2.40. The quantitative estimate of drug-likeness (QED) is 0.724. The van der Waals surface area contributed by atoms with Crippen LogP contribution in [0, 0.1) is 21.3 Å². The van der Waals surface area contributed by atoms with Gasteiger partial charge in [-0.2, -0.15) is 0 Å². The molecule has 0 spiro atoms. The number of amides is 1. The minimum Gasteiger partial charge on any atom is -0.493 e. The molecule has 0 aromatic heterocycles. The van der Waals surface area contributed by atoms with Crippen molar-refractivity contribution in [1.29, 1.82) is 0 Å². The SMILES string of the molecule is COc1cc(I)c(C(=O)NC(C)C2CC3CCC2C3)cc1OC.